The second kappa shape index (κ2) is 8.52. The minimum Gasteiger partial charge on any atom is -0.452 e. The number of amides is 1. The van der Waals surface area contributed by atoms with Crippen molar-refractivity contribution in [2.45, 2.75) is 19.4 Å². The SMILES string of the molecule is C[C@@H](OC(=O)Cc1ccc(Cl)cc1Cl)C(=O)Nc1ccc(C#N)cc1. The molecule has 1 N–H and O–H groups in total. The number of benzene rings is 2. The van der Waals surface area contributed by atoms with Gasteiger partial charge in [0.05, 0.1) is 18.1 Å². The lowest BCUT2D eigenvalue weighted by atomic mass is 10.1. The molecule has 1 atom stereocenters. The average Bonchev–Trinajstić information content (AvgIpc) is 2.58. The van der Waals surface area contributed by atoms with Gasteiger partial charge < -0.3 is 10.1 Å². The molecule has 0 bridgehead atoms. The van der Waals surface area contributed by atoms with Crippen molar-refractivity contribution in [3.05, 3.63) is 63.6 Å². The maximum atomic E-state index is 12.1. The van der Waals surface area contributed by atoms with Crippen LogP contribution in [-0.4, -0.2) is 18.0 Å². The highest BCUT2D eigenvalue weighted by molar-refractivity contribution is 6.35. The van der Waals surface area contributed by atoms with Crippen LogP contribution in [0.2, 0.25) is 10.0 Å². The summed E-state index contributed by atoms with van der Waals surface area (Å²) in [6, 6.07) is 13.1. The summed E-state index contributed by atoms with van der Waals surface area (Å²) in [6.07, 6.45) is -1.04. The number of halogens is 2. The first-order chi connectivity index (χ1) is 11.9. The van der Waals surface area contributed by atoms with Crippen molar-refractivity contribution in [3.8, 4) is 6.07 Å². The van der Waals surface area contributed by atoms with E-state index >= 15 is 0 Å². The van der Waals surface area contributed by atoms with E-state index < -0.39 is 18.0 Å². The highest BCUT2D eigenvalue weighted by Crippen LogP contribution is 2.21. The number of rotatable bonds is 5. The molecule has 0 aliphatic heterocycles. The van der Waals surface area contributed by atoms with E-state index in [0.29, 0.717) is 26.9 Å². The molecule has 0 fully saturated rings. The Morgan fingerprint density at radius 3 is 2.48 bits per heavy atom. The van der Waals surface area contributed by atoms with Gasteiger partial charge in [-0.05, 0) is 48.9 Å². The summed E-state index contributed by atoms with van der Waals surface area (Å²) in [5.74, 6) is -1.05. The number of carbonyl (C=O) groups is 2. The zero-order chi connectivity index (χ0) is 18.4. The molecule has 1 amide bonds. The van der Waals surface area contributed by atoms with Crippen LogP contribution >= 0.6 is 23.2 Å². The Balaban J connectivity index is 1.91. The van der Waals surface area contributed by atoms with Gasteiger partial charge in [-0.3, -0.25) is 9.59 Å². The molecule has 0 aliphatic carbocycles. The third-order valence-corrected chi connectivity index (χ3v) is 3.90. The van der Waals surface area contributed by atoms with Gasteiger partial charge in [0.15, 0.2) is 6.10 Å². The van der Waals surface area contributed by atoms with Crippen LogP contribution in [0.1, 0.15) is 18.1 Å². The molecular formula is C18H14Cl2N2O3. The second-order valence-corrected chi connectivity index (χ2v) is 6.07. The first-order valence-corrected chi connectivity index (χ1v) is 8.09. The van der Waals surface area contributed by atoms with Crippen molar-refractivity contribution >= 4 is 40.8 Å². The quantitative estimate of drug-likeness (QED) is 0.800. The normalized spacial score (nSPS) is 11.3. The molecule has 128 valence electrons. The smallest absolute Gasteiger partial charge is 0.311 e. The van der Waals surface area contributed by atoms with Crippen LogP contribution in [0.3, 0.4) is 0 Å². The van der Waals surface area contributed by atoms with Gasteiger partial charge in [-0.15, -0.1) is 0 Å². The average molecular weight is 377 g/mol. The van der Waals surface area contributed by atoms with Crippen LogP contribution in [0.25, 0.3) is 0 Å². The summed E-state index contributed by atoms with van der Waals surface area (Å²) in [6.45, 7) is 1.47. The summed E-state index contributed by atoms with van der Waals surface area (Å²) in [4.78, 5) is 24.0. The Morgan fingerprint density at radius 2 is 1.88 bits per heavy atom. The molecule has 0 saturated carbocycles. The molecule has 2 rings (SSSR count). The van der Waals surface area contributed by atoms with E-state index in [0.717, 1.165) is 0 Å². The Labute approximate surface area is 155 Å². The number of nitriles is 1. The van der Waals surface area contributed by atoms with Crippen LogP contribution < -0.4 is 5.32 Å². The Hall–Kier alpha value is -2.55. The number of hydrogen-bond donors (Lipinski definition) is 1. The van der Waals surface area contributed by atoms with Crippen LogP contribution in [-0.2, 0) is 20.7 Å². The van der Waals surface area contributed by atoms with Crippen LogP contribution in [0.4, 0.5) is 5.69 Å². The summed E-state index contributed by atoms with van der Waals surface area (Å²) in [5, 5.41) is 12.2. The van der Waals surface area contributed by atoms with E-state index in [1.54, 1.807) is 36.4 Å². The van der Waals surface area contributed by atoms with Gasteiger partial charge in [0, 0.05) is 15.7 Å². The number of nitrogens with zero attached hydrogens (tertiary/aromatic N) is 1. The third kappa shape index (κ3) is 5.49. The van der Waals surface area contributed by atoms with E-state index in [9.17, 15) is 9.59 Å². The Kier molecular flexibility index (Phi) is 6.40. The lowest BCUT2D eigenvalue weighted by molar-refractivity contribution is -0.152. The zero-order valence-corrected chi connectivity index (χ0v) is 14.8. The fraction of sp³-hybridized carbons (Fsp3) is 0.167. The van der Waals surface area contributed by atoms with Gasteiger partial charge in [0.25, 0.3) is 5.91 Å². The maximum absolute atomic E-state index is 12.1. The fourth-order valence-electron chi connectivity index (χ4n) is 1.98. The number of esters is 1. The first kappa shape index (κ1) is 18.8. The summed E-state index contributed by atoms with van der Waals surface area (Å²) < 4.78 is 5.12. The van der Waals surface area contributed by atoms with Gasteiger partial charge in [0.1, 0.15) is 0 Å². The van der Waals surface area contributed by atoms with E-state index in [2.05, 4.69) is 5.32 Å². The molecule has 0 aromatic heterocycles. The molecular weight excluding hydrogens is 363 g/mol. The van der Waals surface area contributed by atoms with Gasteiger partial charge in [-0.1, -0.05) is 29.3 Å². The molecule has 5 nitrogen and oxygen atoms in total. The molecule has 0 aliphatic rings. The minimum absolute atomic E-state index is 0.0650. The van der Waals surface area contributed by atoms with E-state index in [4.69, 9.17) is 33.2 Å². The van der Waals surface area contributed by atoms with E-state index in [1.165, 1.54) is 13.0 Å². The van der Waals surface area contributed by atoms with E-state index in [-0.39, 0.29) is 6.42 Å². The number of ether oxygens (including phenoxy) is 1. The van der Waals surface area contributed by atoms with Crippen molar-refractivity contribution in [2.75, 3.05) is 5.32 Å². The highest BCUT2D eigenvalue weighted by Gasteiger charge is 2.19. The molecule has 7 heteroatoms. The Bertz CT molecular complexity index is 829. The monoisotopic (exact) mass is 376 g/mol. The lowest BCUT2D eigenvalue weighted by Crippen LogP contribution is -2.30. The zero-order valence-electron chi connectivity index (χ0n) is 13.3. The second-order valence-electron chi connectivity index (χ2n) is 5.22. The maximum Gasteiger partial charge on any atom is 0.311 e. The van der Waals surface area contributed by atoms with Gasteiger partial charge in [0.2, 0.25) is 0 Å². The standard InChI is InChI=1S/C18H14Cl2N2O3/c1-11(18(24)22-15-6-2-12(10-21)3-7-15)25-17(23)8-13-4-5-14(19)9-16(13)20/h2-7,9,11H,8H2,1H3,(H,22,24)/t11-/m1/s1. The van der Waals surface area contributed by atoms with Crippen LogP contribution in [0, 0.1) is 11.3 Å². The summed E-state index contributed by atoms with van der Waals surface area (Å²) in [7, 11) is 0. The lowest BCUT2D eigenvalue weighted by Gasteiger charge is -2.14. The van der Waals surface area contributed by atoms with Crippen molar-refractivity contribution in [1.82, 2.24) is 0 Å². The summed E-state index contributed by atoms with van der Waals surface area (Å²) in [5.41, 5.74) is 1.56. The molecule has 0 heterocycles. The predicted octanol–water partition coefficient (Wildman–Crippen LogP) is 3.98. The molecule has 0 unspecified atom stereocenters. The van der Waals surface area contributed by atoms with Gasteiger partial charge >= 0.3 is 5.97 Å². The third-order valence-electron chi connectivity index (χ3n) is 3.31. The molecule has 2 aromatic carbocycles. The molecule has 0 saturated heterocycles. The van der Waals surface area contributed by atoms with Crippen molar-refractivity contribution < 1.29 is 14.3 Å². The van der Waals surface area contributed by atoms with Crippen LogP contribution in [0.15, 0.2) is 42.5 Å². The number of hydrogen-bond acceptors (Lipinski definition) is 4. The van der Waals surface area contributed by atoms with E-state index in [1.807, 2.05) is 6.07 Å². The molecule has 0 spiro atoms. The van der Waals surface area contributed by atoms with Crippen molar-refractivity contribution in [2.24, 2.45) is 0 Å². The largest absolute Gasteiger partial charge is 0.452 e. The molecule has 25 heavy (non-hydrogen) atoms. The van der Waals surface area contributed by atoms with Gasteiger partial charge in [-0.25, -0.2) is 0 Å². The highest BCUT2D eigenvalue weighted by atomic mass is 35.5. The number of carbonyl (C=O) groups excluding carboxylic acids is 2. The topological polar surface area (TPSA) is 79.2 Å². The predicted molar refractivity (Wildman–Crippen MR) is 95.5 cm³/mol. The Morgan fingerprint density at radius 1 is 1.20 bits per heavy atom. The van der Waals surface area contributed by atoms with Crippen molar-refractivity contribution in [1.29, 1.82) is 5.26 Å². The summed E-state index contributed by atoms with van der Waals surface area (Å²) >= 11 is 11.8. The molecule has 0 radical (unpaired) electrons. The minimum atomic E-state index is -0.978. The van der Waals surface area contributed by atoms with Gasteiger partial charge in [-0.2, -0.15) is 5.26 Å². The first-order valence-electron chi connectivity index (χ1n) is 7.33. The van der Waals surface area contributed by atoms with Crippen molar-refractivity contribution in [3.63, 3.8) is 0 Å². The van der Waals surface area contributed by atoms with Crippen LogP contribution in [0.5, 0.6) is 0 Å². The molecule has 2 aromatic rings. The number of nitrogens with one attached hydrogen (secondary N) is 1. The number of anilines is 1. The fourth-order valence-corrected chi connectivity index (χ4v) is 2.46.